The van der Waals surface area contributed by atoms with Crippen molar-refractivity contribution in [1.29, 1.82) is 0 Å². The van der Waals surface area contributed by atoms with Crippen LogP contribution in [0, 0.1) is 6.92 Å². The molecule has 0 bridgehead atoms. The Morgan fingerprint density at radius 1 is 1.35 bits per heavy atom. The number of ether oxygens (including phenoxy) is 2. The first-order valence-electron chi connectivity index (χ1n) is 7.10. The largest absolute Gasteiger partial charge is 0.491 e. The van der Waals surface area contributed by atoms with Gasteiger partial charge < -0.3 is 9.47 Å². The van der Waals surface area contributed by atoms with Crippen LogP contribution in [0.5, 0.6) is 5.75 Å². The molecular weight excluding hydrogens is 252 g/mol. The Hall–Kier alpha value is -1.77. The van der Waals surface area contributed by atoms with E-state index in [0.29, 0.717) is 6.61 Å². The normalized spacial score (nSPS) is 12.9. The van der Waals surface area contributed by atoms with Crippen molar-refractivity contribution in [2.75, 3.05) is 6.61 Å². The maximum Gasteiger partial charge on any atom is 0.331 e. The second-order valence-electron chi connectivity index (χ2n) is 4.89. The van der Waals surface area contributed by atoms with Crippen LogP contribution < -0.4 is 4.74 Å². The lowest BCUT2D eigenvalue weighted by molar-refractivity contribution is -0.137. The van der Waals surface area contributed by atoms with Gasteiger partial charge in [0.25, 0.3) is 0 Å². The monoisotopic (exact) mass is 276 g/mol. The van der Waals surface area contributed by atoms with Gasteiger partial charge in [-0.05, 0) is 62.9 Å². The van der Waals surface area contributed by atoms with Gasteiger partial charge in [0.2, 0.25) is 0 Å². The molecule has 0 spiro atoms. The molecule has 0 saturated carbocycles. The van der Waals surface area contributed by atoms with Gasteiger partial charge in [-0.15, -0.1) is 0 Å². The van der Waals surface area contributed by atoms with E-state index < -0.39 is 0 Å². The van der Waals surface area contributed by atoms with Crippen LogP contribution in [-0.4, -0.2) is 18.7 Å². The number of hydrogen-bond acceptors (Lipinski definition) is 3. The summed E-state index contributed by atoms with van der Waals surface area (Å²) in [5.74, 6) is 0.564. The SMILES string of the molecule is CCOC(=O)C=C(C)c1ccc(OC(C)CC)cc1C. The first kappa shape index (κ1) is 16.3. The van der Waals surface area contributed by atoms with Crippen LogP contribution >= 0.6 is 0 Å². The van der Waals surface area contributed by atoms with Crippen molar-refractivity contribution < 1.29 is 14.3 Å². The van der Waals surface area contributed by atoms with Crippen LogP contribution in [0.15, 0.2) is 24.3 Å². The molecule has 0 heterocycles. The third kappa shape index (κ3) is 4.72. The highest BCUT2D eigenvalue weighted by Gasteiger charge is 2.07. The average Bonchev–Trinajstić information content (AvgIpc) is 2.38. The Morgan fingerprint density at radius 2 is 2.05 bits per heavy atom. The molecule has 0 fully saturated rings. The van der Waals surface area contributed by atoms with Gasteiger partial charge in [-0.1, -0.05) is 13.0 Å². The van der Waals surface area contributed by atoms with Crippen LogP contribution in [0.2, 0.25) is 0 Å². The fourth-order valence-corrected chi connectivity index (χ4v) is 1.91. The number of carbonyl (C=O) groups is 1. The molecule has 0 aliphatic rings. The van der Waals surface area contributed by atoms with Crippen LogP contribution in [0.3, 0.4) is 0 Å². The topological polar surface area (TPSA) is 35.5 Å². The van der Waals surface area contributed by atoms with Crippen LogP contribution in [0.4, 0.5) is 0 Å². The molecule has 1 aromatic carbocycles. The predicted molar refractivity (Wildman–Crippen MR) is 81.8 cm³/mol. The number of hydrogen-bond donors (Lipinski definition) is 0. The molecule has 3 heteroatoms. The number of benzene rings is 1. The lowest BCUT2D eigenvalue weighted by Crippen LogP contribution is -2.09. The summed E-state index contributed by atoms with van der Waals surface area (Å²) >= 11 is 0. The third-order valence-electron chi connectivity index (χ3n) is 3.16. The summed E-state index contributed by atoms with van der Waals surface area (Å²) in [4.78, 5) is 11.5. The van der Waals surface area contributed by atoms with Crippen molar-refractivity contribution in [3.05, 3.63) is 35.4 Å². The van der Waals surface area contributed by atoms with E-state index in [1.54, 1.807) is 6.92 Å². The van der Waals surface area contributed by atoms with Gasteiger partial charge in [-0.3, -0.25) is 0 Å². The molecule has 1 atom stereocenters. The number of esters is 1. The van der Waals surface area contributed by atoms with Gasteiger partial charge in [-0.25, -0.2) is 4.79 Å². The Bertz CT molecular complexity index is 489. The standard InChI is InChI=1S/C17H24O3/c1-6-14(5)20-15-8-9-16(12(3)10-15)13(4)11-17(18)19-7-2/h8-11,14H,6-7H2,1-5H3. The highest BCUT2D eigenvalue weighted by molar-refractivity contribution is 5.91. The lowest BCUT2D eigenvalue weighted by atomic mass is 10.0. The molecule has 0 radical (unpaired) electrons. The summed E-state index contributed by atoms with van der Waals surface area (Å²) in [6, 6.07) is 5.93. The molecule has 0 N–H and O–H groups in total. The van der Waals surface area contributed by atoms with Crippen molar-refractivity contribution in [2.24, 2.45) is 0 Å². The van der Waals surface area contributed by atoms with Gasteiger partial charge in [0.05, 0.1) is 12.7 Å². The molecule has 1 aromatic rings. The molecule has 1 rings (SSSR count). The molecule has 1 unspecified atom stereocenters. The Balaban J connectivity index is 2.90. The zero-order chi connectivity index (χ0) is 15.1. The highest BCUT2D eigenvalue weighted by atomic mass is 16.5. The molecule has 0 amide bonds. The first-order valence-corrected chi connectivity index (χ1v) is 7.10. The number of rotatable bonds is 6. The fourth-order valence-electron chi connectivity index (χ4n) is 1.91. The summed E-state index contributed by atoms with van der Waals surface area (Å²) in [5.41, 5.74) is 3.02. The van der Waals surface area contributed by atoms with Crippen LogP contribution in [0.25, 0.3) is 5.57 Å². The average molecular weight is 276 g/mol. The molecule has 20 heavy (non-hydrogen) atoms. The third-order valence-corrected chi connectivity index (χ3v) is 3.16. The van der Waals surface area contributed by atoms with Crippen LogP contribution in [0.1, 0.15) is 45.2 Å². The summed E-state index contributed by atoms with van der Waals surface area (Å²) in [5, 5.41) is 0. The summed E-state index contributed by atoms with van der Waals surface area (Å²) < 4.78 is 10.7. The summed E-state index contributed by atoms with van der Waals surface area (Å²) in [6.07, 6.45) is 2.71. The maximum absolute atomic E-state index is 11.5. The minimum Gasteiger partial charge on any atom is -0.491 e. The van der Waals surface area contributed by atoms with Crippen molar-refractivity contribution in [3.8, 4) is 5.75 Å². The van der Waals surface area contributed by atoms with E-state index in [1.165, 1.54) is 6.08 Å². The minimum atomic E-state index is -0.302. The van der Waals surface area contributed by atoms with Gasteiger partial charge in [0, 0.05) is 6.08 Å². The molecule has 110 valence electrons. The maximum atomic E-state index is 11.5. The molecular formula is C17H24O3. The predicted octanol–water partition coefficient (Wildman–Crippen LogP) is 4.14. The fraction of sp³-hybridized carbons (Fsp3) is 0.471. The second-order valence-corrected chi connectivity index (χ2v) is 4.89. The van der Waals surface area contributed by atoms with E-state index in [1.807, 2.05) is 32.0 Å². The Labute approximate surface area is 121 Å². The Morgan fingerprint density at radius 3 is 2.60 bits per heavy atom. The summed E-state index contributed by atoms with van der Waals surface area (Å²) in [6.45, 7) is 10.3. The lowest BCUT2D eigenvalue weighted by Gasteiger charge is -2.14. The number of aryl methyl sites for hydroxylation is 1. The van der Waals surface area contributed by atoms with Crippen molar-refractivity contribution in [1.82, 2.24) is 0 Å². The Kier molecular flexibility index (Phi) is 6.29. The van der Waals surface area contributed by atoms with E-state index in [4.69, 9.17) is 9.47 Å². The molecule has 0 aliphatic heterocycles. The van der Waals surface area contributed by atoms with Crippen molar-refractivity contribution in [3.63, 3.8) is 0 Å². The number of carbonyl (C=O) groups excluding carboxylic acids is 1. The van der Waals surface area contributed by atoms with Crippen molar-refractivity contribution in [2.45, 2.75) is 47.1 Å². The smallest absolute Gasteiger partial charge is 0.331 e. The number of allylic oxidation sites excluding steroid dienone is 1. The summed E-state index contributed by atoms with van der Waals surface area (Å²) in [7, 11) is 0. The van der Waals surface area contributed by atoms with Crippen LogP contribution in [-0.2, 0) is 9.53 Å². The van der Waals surface area contributed by atoms with Gasteiger partial charge in [-0.2, -0.15) is 0 Å². The van der Waals surface area contributed by atoms with Gasteiger partial charge in [0.1, 0.15) is 5.75 Å². The van der Waals surface area contributed by atoms with E-state index in [2.05, 4.69) is 13.8 Å². The van der Waals surface area contributed by atoms with Gasteiger partial charge in [0.15, 0.2) is 0 Å². The first-order chi connectivity index (χ1) is 9.47. The van der Waals surface area contributed by atoms with E-state index in [0.717, 1.165) is 28.9 Å². The van der Waals surface area contributed by atoms with E-state index in [-0.39, 0.29) is 12.1 Å². The van der Waals surface area contributed by atoms with E-state index in [9.17, 15) is 4.79 Å². The molecule has 0 aromatic heterocycles. The molecule has 3 nitrogen and oxygen atoms in total. The minimum absolute atomic E-state index is 0.205. The zero-order valence-corrected chi connectivity index (χ0v) is 13.0. The van der Waals surface area contributed by atoms with Gasteiger partial charge >= 0.3 is 5.97 Å². The molecule has 0 saturated heterocycles. The highest BCUT2D eigenvalue weighted by Crippen LogP contribution is 2.24. The van der Waals surface area contributed by atoms with Crippen molar-refractivity contribution >= 4 is 11.5 Å². The zero-order valence-electron chi connectivity index (χ0n) is 13.0. The van der Waals surface area contributed by atoms with E-state index >= 15 is 0 Å². The molecule has 0 aliphatic carbocycles. The second kappa shape index (κ2) is 7.73. The quantitative estimate of drug-likeness (QED) is 0.578.